The SMILES string of the molecule is Cc1nc(NC(C)C)ccc1C=O. The second-order valence-corrected chi connectivity index (χ2v) is 3.29. The van der Waals surface area contributed by atoms with Crippen LogP contribution in [-0.4, -0.2) is 17.3 Å². The summed E-state index contributed by atoms with van der Waals surface area (Å²) < 4.78 is 0. The van der Waals surface area contributed by atoms with Gasteiger partial charge in [0.05, 0.1) is 5.69 Å². The smallest absolute Gasteiger partial charge is 0.151 e. The van der Waals surface area contributed by atoms with Gasteiger partial charge in [-0.1, -0.05) is 0 Å². The molecule has 3 heteroatoms. The Morgan fingerprint density at radius 3 is 2.62 bits per heavy atom. The van der Waals surface area contributed by atoms with Crippen molar-refractivity contribution >= 4 is 12.1 Å². The number of pyridine rings is 1. The first-order chi connectivity index (χ1) is 6.13. The zero-order valence-electron chi connectivity index (χ0n) is 8.16. The molecular weight excluding hydrogens is 164 g/mol. The van der Waals surface area contributed by atoms with E-state index in [1.807, 2.05) is 26.8 Å². The number of nitrogens with zero attached hydrogens (tertiary/aromatic N) is 1. The first-order valence-corrected chi connectivity index (χ1v) is 4.33. The fourth-order valence-corrected chi connectivity index (χ4v) is 1.07. The predicted octanol–water partition coefficient (Wildman–Crippen LogP) is 2.02. The highest BCUT2D eigenvalue weighted by molar-refractivity contribution is 5.76. The Morgan fingerprint density at radius 1 is 1.46 bits per heavy atom. The Balaban J connectivity index is 2.89. The maximum atomic E-state index is 10.5. The van der Waals surface area contributed by atoms with Crippen molar-refractivity contribution in [3.63, 3.8) is 0 Å². The van der Waals surface area contributed by atoms with Crippen LogP contribution in [0.1, 0.15) is 29.9 Å². The summed E-state index contributed by atoms with van der Waals surface area (Å²) in [4.78, 5) is 14.7. The fraction of sp³-hybridized carbons (Fsp3) is 0.400. The molecule has 0 spiro atoms. The van der Waals surface area contributed by atoms with Crippen LogP contribution in [0.15, 0.2) is 12.1 Å². The van der Waals surface area contributed by atoms with Crippen molar-refractivity contribution in [2.75, 3.05) is 5.32 Å². The van der Waals surface area contributed by atoms with Crippen LogP contribution in [0.25, 0.3) is 0 Å². The van der Waals surface area contributed by atoms with Crippen LogP contribution in [0.3, 0.4) is 0 Å². The van der Waals surface area contributed by atoms with Crippen molar-refractivity contribution in [3.05, 3.63) is 23.4 Å². The summed E-state index contributed by atoms with van der Waals surface area (Å²) in [5.74, 6) is 0.818. The summed E-state index contributed by atoms with van der Waals surface area (Å²) in [5.41, 5.74) is 1.41. The van der Waals surface area contributed by atoms with Gasteiger partial charge in [0, 0.05) is 11.6 Å². The van der Waals surface area contributed by atoms with E-state index in [2.05, 4.69) is 10.3 Å². The zero-order chi connectivity index (χ0) is 9.84. The van der Waals surface area contributed by atoms with Gasteiger partial charge in [-0.2, -0.15) is 0 Å². The first kappa shape index (κ1) is 9.71. The molecule has 0 atom stereocenters. The molecule has 1 N–H and O–H groups in total. The molecule has 0 bridgehead atoms. The van der Waals surface area contributed by atoms with Crippen LogP contribution >= 0.6 is 0 Å². The number of anilines is 1. The van der Waals surface area contributed by atoms with Crippen molar-refractivity contribution in [3.8, 4) is 0 Å². The van der Waals surface area contributed by atoms with Crippen LogP contribution < -0.4 is 5.32 Å². The third-order valence-corrected chi connectivity index (χ3v) is 1.69. The van der Waals surface area contributed by atoms with Gasteiger partial charge in [0.15, 0.2) is 6.29 Å². The quantitative estimate of drug-likeness (QED) is 0.720. The second kappa shape index (κ2) is 4.03. The van der Waals surface area contributed by atoms with Gasteiger partial charge in [-0.3, -0.25) is 4.79 Å². The monoisotopic (exact) mass is 178 g/mol. The van der Waals surface area contributed by atoms with E-state index in [0.717, 1.165) is 17.8 Å². The average molecular weight is 178 g/mol. The average Bonchev–Trinajstić information content (AvgIpc) is 2.03. The molecule has 1 rings (SSSR count). The number of hydrogen-bond donors (Lipinski definition) is 1. The van der Waals surface area contributed by atoms with Crippen LogP contribution in [-0.2, 0) is 0 Å². The van der Waals surface area contributed by atoms with E-state index in [1.54, 1.807) is 6.07 Å². The molecule has 0 aromatic carbocycles. The Labute approximate surface area is 78.2 Å². The minimum atomic E-state index is 0.356. The standard InChI is InChI=1S/C10H14N2O/c1-7(2)11-10-5-4-9(6-13)8(3)12-10/h4-7H,1-3H3,(H,11,12). The number of aldehydes is 1. The van der Waals surface area contributed by atoms with Gasteiger partial charge in [-0.15, -0.1) is 0 Å². The lowest BCUT2D eigenvalue weighted by atomic mass is 10.2. The van der Waals surface area contributed by atoms with Crippen LogP contribution in [0, 0.1) is 6.92 Å². The molecule has 0 saturated heterocycles. The van der Waals surface area contributed by atoms with Crippen LogP contribution in [0.4, 0.5) is 5.82 Å². The molecule has 0 fully saturated rings. The summed E-state index contributed by atoms with van der Waals surface area (Å²) in [5, 5.41) is 3.17. The normalized spacial score (nSPS) is 10.2. The molecule has 0 aliphatic carbocycles. The van der Waals surface area contributed by atoms with Gasteiger partial charge in [-0.25, -0.2) is 4.98 Å². The Hall–Kier alpha value is -1.38. The number of hydrogen-bond acceptors (Lipinski definition) is 3. The van der Waals surface area contributed by atoms with Crippen molar-refractivity contribution < 1.29 is 4.79 Å². The van der Waals surface area contributed by atoms with Gasteiger partial charge < -0.3 is 5.32 Å². The summed E-state index contributed by atoms with van der Waals surface area (Å²) >= 11 is 0. The highest BCUT2D eigenvalue weighted by Crippen LogP contribution is 2.09. The highest BCUT2D eigenvalue weighted by atomic mass is 16.1. The highest BCUT2D eigenvalue weighted by Gasteiger charge is 2.00. The van der Waals surface area contributed by atoms with E-state index in [9.17, 15) is 4.79 Å². The Kier molecular flexibility index (Phi) is 3.01. The van der Waals surface area contributed by atoms with Crippen molar-refractivity contribution in [2.24, 2.45) is 0 Å². The van der Waals surface area contributed by atoms with E-state index < -0.39 is 0 Å². The Bertz CT molecular complexity index is 308. The first-order valence-electron chi connectivity index (χ1n) is 4.33. The number of carbonyl (C=O) groups is 1. The summed E-state index contributed by atoms with van der Waals surface area (Å²) in [6, 6.07) is 3.95. The van der Waals surface area contributed by atoms with Gasteiger partial charge in [-0.05, 0) is 32.9 Å². The van der Waals surface area contributed by atoms with E-state index >= 15 is 0 Å². The molecule has 0 amide bonds. The maximum Gasteiger partial charge on any atom is 0.151 e. The third-order valence-electron chi connectivity index (χ3n) is 1.69. The van der Waals surface area contributed by atoms with Crippen molar-refractivity contribution in [1.82, 2.24) is 4.98 Å². The van der Waals surface area contributed by atoms with Crippen LogP contribution in [0.2, 0.25) is 0 Å². The number of rotatable bonds is 3. The topological polar surface area (TPSA) is 42.0 Å². The lowest BCUT2D eigenvalue weighted by molar-refractivity contribution is 0.112. The Morgan fingerprint density at radius 2 is 2.15 bits per heavy atom. The number of aryl methyl sites for hydroxylation is 1. The number of carbonyl (C=O) groups excluding carboxylic acids is 1. The van der Waals surface area contributed by atoms with Crippen LogP contribution in [0.5, 0.6) is 0 Å². The molecule has 0 unspecified atom stereocenters. The molecule has 0 aliphatic rings. The zero-order valence-corrected chi connectivity index (χ0v) is 8.16. The minimum Gasteiger partial charge on any atom is -0.368 e. The molecule has 13 heavy (non-hydrogen) atoms. The van der Waals surface area contributed by atoms with E-state index in [-0.39, 0.29) is 0 Å². The van der Waals surface area contributed by atoms with E-state index in [0.29, 0.717) is 11.6 Å². The number of nitrogens with one attached hydrogen (secondary N) is 1. The van der Waals surface area contributed by atoms with Gasteiger partial charge >= 0.3 is 0 Å². The molecule has 3 nitrogen and oxygen atoms in total. The molecular formula is C10H14N2O. The minimum absolute atomic E-state index is 0.356. The predicted molar refractivity (Wildman–Crippen MR) is 53.1 cm³/mol. The van der Waals surface area contributed by atoms with Crippen molar-refractivity contribution in [2.45, 2.75) is 26.8 Å². The molecule has 70 valence electrons. The molecule has 0 aliphatic heterocycles. The van der Waals surface area contributed by atoms with Crippen molar-refractivity contribution in [1.29, 1.82) is 0 Å². The summed E-state index contributed by atoms with van der Waals surface area (Å²) in [6.07, 6.45) is 0.821. The summed E-state index contributed by atoms with van der Waals surface area (Å²) in [7, 11) is 0. The molecule has 1 aromatic heterocycles. The second-order valence-electron chi connectivity index (χ2n) is 3.29. The maximum absolute atomic E-state index is 10.5. The molecule has 0 radical (unpaired) electrons. The third kappa shape index (κ3) is 2.54. The molecule has 0 saturated carbocycles. The summed E-state index contributed by atoms with van der Waals surface area (Å²) in [6.45, 7) is 5.92. The van der Waals surface area contributed by atoms with Gasteiger partial charge in [0.1, 0.15) is 5.82 Å². The van der Waals surface area contributed by atoms with Gasteiger partial charge in [0.25, 0.3) is 0 Å². The van der Waals surface area contributed by atoms with Gasteiger partial charge in [0.2, 0.25) is 0 Å². The molecule has 1 aromatic rings. The van der Waals surface area contributed by atoms with E-state index in [1.165, 1.54) is 0 Å². The van der Waals surface area contributed by atoms with E-state index in [4.69, 9.17) is 0 Å². The number of aromatic nitrogens is 1. The largest absolute Gasteiger partial charge is 0.368 e. The lowest BCUT2D eigenvalue weighted by Gasteiger charge is -2.09. The molecule has 1 heterocycles. The fourth-order valence-electron chi connectivity index (χ4n) is 1.07. The lowest BCUT2D eigenvalue weighted by Crippen LogP contribution is -2.11.